The van der Waals surface area contributed by atoms with Crippen molar-refractivity contribution >= 4 is 40.3 Å². The van der Waals surface area contributed by atoms with Gasteiger partial charge in [-0.05, 0) is 42.8 Å². The lowest BCUT2D eigenvalue weighted by molar-refractivity contribution is 1.43. The third-order valence-corrected chi connectivity index (χ3v) is 2.95. The fourth-order valence-corrected chi connectivity index (χ4v) is 1.87. The fraction of sp³-hybridized carbons (Fsp3) is 0.0769. The van der Waals surface area contributed by atoms with Gasteiger partial charge >= 0.3 is 0 Å². The Hall–Kier alpha value is -1.38. The van der Waals surface area contributed by atoms with E-state index in [1.807, 2.05) is 31.2 Å². The summed E-state index contributed by atoms with van der Waals surface area (Å²) in [4.78, 5) is 0. The maximum absolute atomic E-state index is 5.96. The van der Waals surface area contributed by atoms with Crippen molar-refractivity contribution in [3.8, 4) is 0 Å². The van der Waals surface area contributed by atoms with E-state index in [2.05, 4.69) is 5.32 Å². The lowest BCUT2D eigenvalue weighted by Crippen LogP contribution is -1.97. The molecule has 2 aromatic rings. The quantitative estimate of drug-likeness (QED) is 0.778. The highest BCUT2D eigenvalue weighted by atomic mass is 35.5. The Bertz CT molecular complexity index is 553. The van der Waals surface area contributed by atoms with E-state index in [-0.39, 0.29) is 0 Å². The number of anilines is 3. The van der Waals surface area contributed by atoms with Gasteiger partial charge < -0.3 is 11.1 Å². The van der Waals surface area contributed by atoms with Crippen LogP contribution in [0.15, 0.2) is 36.4 Å². The zero-order valence-corrected chi connectivity index (χ0v) is 10.8. The first kappa shape index (κ1) is 12.1. The molecule has 0 aliphatic heterocycles. The molecule has 2 rings (SSSR count). The number of rotatable bonds is 2. The maximum atomic E-state index is 5.96. The van der Waals surface area contributed by atoms with Crippen molar-refractivity contribution in [3.05, 3.63) is 52.0 Å². The highest BCUT2D eigenvalue weighted by Crippen LogP contribution is 2.29. The zero-order valence-electron chi connectivity index (χ0n) is 9.30. The maximum Gasteiger partial charge on any atom is 0.0619 e. The fourth-order valence-electron chi connectivity index (χ4n) is 1.52. The largest absolute Gasteiger partial charge is 0.397 e. The monoisotopic (exact) mass is 266 g/mol. The Kier molecular flexibility index (Phi) is 3.46. The number of nitrogen functional groups attached to an aromatic ring is 1. The van der Waals surface area contributed by atoms with Crippen molar-refractivity contribution in [2.75, 3.05) is 11.1 Å². The number of benzene rings is 2. The molecule has 0 aliphatic carbocycles. The van der Waals surface area contributed by atoms with E-state index in [1.165, 1.54) is 0 Å². The number of aryl methyl sites for hydroxylation is 1. The number of nitrogens with two attached hydrogens (primary N) is 1. The molecule has 4 heteroatoms. The summed E-state index contributed by atoms with van der Waals surface area (Å²) in [5.41, 5.74) is 9.34. The topological polar surface area (TPSA) is 38.0 Å². The van der Waals surface area contributed by atoms with Crippen molar-refractivity contribution in [1.29, 1.82) is 0 Å². The first-order chi connectivity index (χ1) is 8.06. The van der Waals surface area contributed by atoms with Gasteiger partial charge in [-0.25, -0.2) is 0 Å². The molecular formula is C13H12Cl2N2. The summed E-state index contributed by atoms with van der Waals surface area (Å²) < 4.78 is 0. The van der Waals surface area contributed by atoms with Crippen LogP contribution in [0, 0.1) is 6.92 Å². The molecule has 3 N–H and O–H groups in total. The minimum Gasteiger partial charge on any atom is -0.397 e. The predicted molar refractivity (Wildman–Crippen MR) is 75.3 cm³/mol. The first-order valence-corrected chi connectivity index (χ1v) is 5.90. The Balaban J connectivity index is 2.34. The van der Waals surface area contributed by atoms with E-state index in [9.17, 15) is 0 Å². The number of hydrogen-bond acceptors (Lipinski definition) is 2. The lowest BCUT2D eigenvalue weighted by Gasteiger charge is -2.12. The zero-order chi connectivity index (χ0) is 12.4. The van der Waals surface area contributed by atoms with E-state index in [4.69, 9.17) is 28.9 Å². The molecule has 0 saturated heterocycles. The van der Waals surface area contributed by atoms with Crippen LogP contribution >= 0.6 is 23.2 Å². The van der Waals surface area contributed by atoms with Gasteiger partial charge in [-0.15, -0.1) is 0 Å². The van der Waals surface area contributed by atoms with E-state index >= 15 is 0 Å². The molecule has 0 unspecified atom stereocenters. The van der Waals surface area contributed by atoms with E-state index < -0.39 is 0 Å². The molecule has 0 fully saturated rings. The molecule has 2 nitrogen and oxygen atoms in total. The van der Waals surface area contributed by atoms with Crippen LogP contribution in [-0.2, 0) is 0 Å². The number of hydrogen-bond donors (Lipinski definition) is 2. The molecule has 0 bridgehead atoms. The molecule has 0 atom stereocenters. The SMILES string of the molecule is Cc1ccc(Cl)cc1Nc1ccc(Cl)cc1N. The van der Waals surface area contributed by atoms with Gasteiger partial charge in [0.15, 0.2) is 0 Å². The summed E-state index contributed by atoms with van der Waals surface area (Å²) in [6.07, 6.45) is 0. The predicted octanol–water partition coefficient (Wildman–Crippen LogP) is 4.63. The van der Waals surface area contributed by atoms with E-state index in [0.29, 0.717) is 15.7 Å². The van der Waals surface area contributed by atoms with Gasteiger partial charge in [-0.2, -0.15) is 0 Å². The Morgan fingerprint density at radius 1 is 0.941 bits per heavy atom. The van der Waals surface area contributed by atoms with Crippen LogP contribution in [0.2, 0.25) is 10.0 Å². The average molecular weight is 267 g/mol. The second kappa shape index (κ2) is 4.86. The van der Waals surface area contributed by atoms with Crippen LogP contribution < -0.4 is 11.1 Å². The normalized spacial score (nSPS) is 10.3. The molecule has 0 aromatic heterocycles. The minimum absolute atomic E-state index is 0.608. The smallest absolute Gasteiger partial charge is 0.0619 e. The van der Waals surface area contributed by atoms with Gasteiger partial charge in [-0.1, -0.05) is 29.3 Å². The summed E-state index contributed by atoms with van der Waals surface area (Å²) in [5, 5.41) is 4.55. The minimum atomic E-state index is 0.608. The molecule has 0 amide bonds. The summed E-state index contributed by atoms with van der Waals surface area (Å²) in [6.45, 7) is 2.00. The second-order valence-electron chi connectivity index (χ2n) is 3.82. The van der Waals surface area contributed by atoms with E-state index in [0.717, 1.165) is 16.9 Å². The van der Waals surface area contributed by atoms with Gasteiger partial charge in [0.25, 0.3) is 0 Å². The third kappa shape index (κ3) is 2.84. The Morgan fingerprint density at radius 2 is 1.59 bits per heavy atom. The molecule has 2 aromatic carbocycles. The number of halogens is 2. The van der Waals surface area contributed by atoms with Crippen LogP contribution in [0.1, 0.15) is 5.56 Å². The van der Waals surface area contributed by atoms with Crippen molar-refractivity contribution in [2.24, 2.45) is 0 Å². The first-order valence-electron chi connectivity index (χ1n) is 5.14. The summed E-state index contributed by atoms with van der Waals surface area (Å²) in [7, 11) is 0. The highest BCUT2D eigenvalue weighted by molar-refractivity contribution is 6.31. The van der Waals surface area contributed by atoms with Crippen LogP contribution in [0.3, 0.4) is 0 Å². The lowest BCUT2D eigenvalue weighted by atomic mass is 10.2. The third-order valence-electron chi connectivity index (χ3n) is 2.48. The van der Waals surface area contributed by atoms with Crippen molar-refractivity contribution in [3.63, 3.8) is 0 Å². The summed E-state index contributed by atoms with van der Waals surface area (Å²) in [6, 6.07) is 11.0. The summed E-state index contributed by atoms with van der Waals surface area (Å²) >= 11 is 11.8. The second-order valence-corrected chi connectivity index (χ2v) is 4.69. The van der Waals surface area contributed by atoms with Gasteiger partial charge in [0, 0.05) is 15.7 Å². The summed E-state index contributed by atoms with van der Waals surface area (Å²) in [5.74, 6) is 0. The molecule has 0 saturated carbocycles. The van der Waals surface area contributed by atoms with Crippen molar-refractivity contribution in [1.82, 2.24) is 0 Å². The molecule has 17 heavy (non-hydrogen) atoms. The standard InChI is InChI=1S/C13H12Cl2N2/c1-8-2-3-10(15)7-13(8)17-12-5-4-9(14)6-11(12)16/h2-7,17H,16H2,1H3. The van der Waals surface area contributed by atoms with Gasteiger partial charge in [0.05, 0.1) is 11.4 Å². The highest BCUT2D eigenvalue weighted by Gasteiger charge is 2.03. The van der Waals surface area contributed by atoms with Gasteiger partial charge in [0.1, 0.15) is 0 Å². The van der Waals surface area contributed by atoms with Crippen molar-refractivity contribution in [2.45, 2.75) is 6.92 Å². The van der Waals surface area contributed by atoms with Crippen LogP contribution in [0.5, 0.6) is 0 Å². The van der Waals surface area contributed by atoms with Crippen LogP contribution in [0.25, 0.3) is 0 Å². The molecule has 0 aliphatic rings. The van der Waals surface area contributed by atoms with Gasteiger partial charge in [-0.3, -0.25) is 0 Å². The van der Waals surface area contributed by atoms with E-state index in [1.54, 1.807) is 12.1 Å². The van der Waals surface area contributed by atoms with Gasteiger partial charge in [0.2, 0.25) is 0 Å². The number of nitrogens with one attached hydrogen (secondary N) is 1. The Morgan fingerprint density at radius 3 is 2.29 bits per heavy atom. The molecule has 88 valence electrons. The average Bonchev–Trinajstić information content (AvgIpc) is 2.27. The van der Waals surface area contributed by atoms with Crippen LogP contribution in [-0.4, -0.2) is 0 Å². The molecule has 0 heterocycles. The molecule has 0 spiro atoms. The molecule has 0 radical (unpaired) electrons. The molecular weight excluding hydrogens is 255 g/mol. The Labute approximate surface area is 110 Å². The van der Waals surface area contributed by atoms with Crippen molar-refractivity contribution < 1.29 is 0 Å². The van der Waals surface area contributed by atoms with Crippen LogP contribution in [0.4, 0.5) is 17.1 Å².